The summed E-state index contributed by atoms with van der Waals surface area (Å²) in [6.07, 6.45) is 0. The summed E-state index contributed by atoms with van der Waals surface area (Å²) in [6.45, 7) is 1.72. The Labute approximate surface area is 130 Å². The minimum atomic E-state index is -3.83. The van der Waals surface area contributed by atoms with Crippen molar-refractivity contribution in [3.63, 3.8) is 0 Å². The molecular weight excluding hydrogens is 340 g/mol. The van der Waals surface area contributed by atoms with Crippen molar-refractivity contribution in [3.8, 4) is 0 Å². The molecule has 0 unspecified atom stereocenters. The van der Waals surface area contributed by atoms with Crippen molar-refractivity contribution in [3.05, 3.63) is 33.8 Å². The summed E-state index contributed by atoms with van der Waals surface area (Å²) in [7, 11) is -3.83. The van der Waals surface area contributed by atoms with E-state index in [2.05, 4.69) is 14.9 Å². The monoisotopic (exact) mass is 348 g/mol. The number of nitrogens with zero attached hydrogens (tertiary/aromatic N) is 2. The molecule has 0 atom stereocenters. The highest BCUT2D eigenvalue weighted by Crippen LogP contribution is 2.26. The zero-order chi connectivity index (χ0) is 14.9. The van der Waals surface area contributed by atoms with Gasteiger partial charge in [-0.25, -0.2) is 8.42 Å². The number of benzene rings is 1. The van der Waals surface area contributed by atoms with Gasteiger partial charge in [0.15, 0.2) is 0 Å². The van der Waals surface area contributed by atoms with Gasteiger partial charge < -0.3 is 5.73 Å². The third-order valence-corrected chi connectivity index (χ3v) is 5.19. The Morgan fingerprint density at radius 1 is 1.45 bits per heavy atom. The van der Waals surface area contributed by atoms with Crippen molar-refractivity contribution in [2.75, 3.05) is 4.72 Å². The Morgan fingerprint density at radius 2 is 2.15 bits per heavy atom. The number of aryl methyl sites for hydroxylation is 1. The van der Waals surface area contributed by atoms with Crippen LogP contribution in [0.3, 0.4) is 0 Å². The van der Waals surface area contributed by atoms with E-state index in [1.807, 2.05) is 0 Å². The van der Waals surface area contributed by atoms with Crippen molar-refractivity contribution < 1.29 is 8.42 Å². The maximum atomic E-state index is 12.2. The fourth-order valence-corrected chi connectivity index (χ4v) is 3.87. The minimum Gasteiger partial charge on any atom is -0.389 e. The molecule has 0 radical (unpaired) electrons. The molecule has 0 amide bonds. The molecule has 20 heavy (non-hydrogen) atoms. The highest BCUT2D eigenvalue weighted by atomic mass is 35.5. The lowest BCUT2D eigenvalue weighted by Crippen LogP contribution is -2.15. The van der Waals surface area contributed by atoms with Crippen LogP contribution < -0.4 is 10.5 Å². The summed E-state index contributed by atoms with van der Waals surface area (Å²) in [5.41, 5.74) is 5.96. The van der Waals surface area contributed by atoms with Crippen LogP contribution in [-0.4, -0.2) is 23.6 Å². The van der Waals surface area contributed by atoms with Crippen molar-refractivity contribution in [2.45, 2.75) is 11.8 Å². The molecule has 0 aliphatic heterocycles. The molecule has 1 heterocycles. The zero-order valence-electron chi connectivity index (χ0n) is 10.1. The van der Waals surface area contributed by atoms with Crippen LogP contribution in [-0.2, 0) is 10.0 Å². The first-order valence-electron chi connectivity index (χ1n) is 5.22. The molecule has 106 valence electrons. The lowest BCUT2D eigenvalue weighted by atomic mass is 10.2. The van der Waals surface area contributed by atoms with Gasteiger partial charge in [0.2, 0.25) is 5.13 Å². The van der Waals surface area contributed by atoms with E-state index in [1.54, 1.807) is 6.92 Å². The SMILES string of the molecule is Cc1nnc(NS(=O)(=O)c2ccc(C(N)=S)cc2Cl)s1. The molecule has 0 bridgehead atoms. The van der Waals surface area contributed by atoms with E-state index < -0.39 is 10.0 Å². The third-order valence-electron chi connectivity index (χ3n) is 2.25. The van der Waals surface area contributed by atoms with E-state index in [-0.39, 0.29) is 20.0 Å². The van der Waals surface area contributed by atoms with Gasteiger partial charge in [-0.3, -0.25) is 4.72 Å². The number of halogens is 1. The van der Waals surface area contributed by atoms with Gasteiger partial charge >= 0.3 is 0 Å². The van der Waals surface area contributed by atoms with Crippen molar-refractivity contribution in [1.29, 1.82) is 0 Å². The first-order chi connectivity index (χ1) is 9.29. The van der Waals surface area contributed by atoms with Crippen LogP contribution in [0.1, 0.15) is 10.6 Å². The molecule has 2 rings (SSSR count). The lowest BCUT2D eigenvalue weighted by molar-refractivity contribution is 0.601. The maximum Gasteiger partial charge on any atom is 0.265 e. The molecule has 10 heteroatoms. The van der Waals surface area contributed by atoms with Gasteiger partial charge in [-0.05, 0) is 19.1 Å². The van der Waals surface area contributed by atoms with Crippen molar-refractivity contribution >= 4 is 55.3 Å². The second-order valence-corrected chi connectivity index (χ2v) is 7.42. The Kier molecular flexibility index (Phi) is 4.23. The van der Waals surface area contributed by atoms with Crippen LogP contribution >= 0.6 is 35.2 Å². The molecule has 0 saturated heterocycles. The standard InChI is InChI=1S/C10H9ClN4O2S3/c1-5-13-14-10(19-5)15-20(16,17)8-3-2-6(9(12)18)4-7(8)11/h2-4H,1H3,(H2,12,18)(H,14,15). The van der Waals surface area contributed by atoms with Crippen LogP contribution in [0.4, 0.5) is 5.13 Å². The molecule has 6 nitrogen and oxygen atoms in total. The number of nitrogens with one attached hydrogen (secondary N) is 1. The Bertz CT molecular complexity index is 773. The molecule has 0 fully saturated rings. The smallest absolute Gasteiger partial charge is 0.265 e. The third kappa shape index (κ3) is 3.23. The van der Waals surface area contributed by atoms with Gasteiger partial charge in [0.25, 0.3) is 10.0 Å². The number of hydrogen-bond donors (Lipinski definition) is 2. The Hall–Kier alpha value is -1.29. The first kappa shape index (κ1) is 15.1. The summed E-state index contributed by atoms with van der Waals surface area (Å²) in [5, 5.41) is 8.29. The molecule has 2 aromatic rings. The van der Waals surface area contributed by atoms with Crippen LogP contribution in [0.5, 0.6) is 0 Å². The highest BCUT2D eigenvalue weighted by Gasteiger charge is 2.20. The number of thiocarbonyl (C=S) groups is 1. The predicted octanol–water partition coefficient (Wildman–Crippen LogP) is 1.93. The molecule has 1 aromatic heterocycles. The van der Waals surface area contributed by atoms with E-state index in [0.29, 0.717) is 10.6 Å². The molecular formula is C10H9ClN4O2S3. The second-order valence-electron chi connectivity index (χ2n) is 3.74. The molecule has 3 N–H and O–H groups in total. The Morgan fingerprint density at radius 3 is 2.65 bits per heavy atom. The van der Waals surface area contributed by atoms with Crippen LogP contribution in [0.2, 0.25) is 5.02 Å². The fourth-order valence-electron chi connectivity index (χ4n) is 1.38. The van der Waals surface area contributed by atoms with E-state index >= 15 is 0 Å². The first-order valence-corrected chi connectivity index (χ1v) is 8.30. The normalized spacial score (nSPS) is 11.3. The summed E-state index contributed by atoms with van der Waals surface area (Å²) in [5.74, 6) is 0. The second kappa shape index (κ2) is 5.60. The number of hydrogen-bond acceptors (Lipinski definition) is 6. The van der Waals surface area contributed by atoms with E-state index in [4.69, 9.17) is 29.6 Å². The molecule has 0 aliphatic rings. The molecule has 0 saturated carbocycles. The van der Waals surface area contributed by atoms with Gasteiger partial charge in [-0.1, -0.05) is 41.2 Å². The average Bonchev–Trinajstić information content (AvgIpc) is 2.73. The van der Waals surface area contributed by atoms with E-state index in [1.165, 1.54) is 18.2 Å². The number of rotatable bonds is 4. The molecule has 0 aliphatic carbocycles. The van der Waals surface area contributed by atoms with E-state index in [9.17, 15) is 8.42 Å². The van der Waals surface area contributed by atoms with Crippen molar-refractivity contribution in [2.24, 2.45) is 5.73 Å². The summed E-state index contributed by atoms with van der Waals surface area (Å²) in [6, 6.07) is 4.24. The average molecular weight is 349 g/mol. The van der Waals surface area contributed by atoms with Crippen LogP contribution in [0.25, 0.3) is 0 Å². The quantitative estimate of drug-likeness (QED) is 0.819. The van der Waals surface area contributed by atoms with Gasteiger partial charge in [-0.2, -0.15) is 0 Å². The number of nitrogens with two attached hydrogens (primary N) is 1. The number of anilines is 1. The lowest BCUT2D eigenvalue weighted by Gasteiger charge is -2.08. The topological polar surface area (TPSA) is 98.0 Å². The summed E-state index contributed by atoms with van der Waals surface area (Å²) in [4.78, 5) is 0.0653. The molecule has 0 spiro atoms. The fraction of sp³-hybridized carbons (Fsp3) is 0.100. The number of sulfonamides is 1. The minimum absolute atomic E-state index is 0.0315. The van der Waals surface area contributed by atoms with Crippen LogP contribution in [0, 0.1) is 6.92 Å². The zero-order valence-corrected chi connectivity index (χ0v) is 13.3. The summed E-state index contributed by atoms with van der Waals surface area (Å²) < 4.78 is 26.7. The van der Waals surface area contributed by atoms with Gasteiger partial charge in [0.1, 0.15) is 14.9 Å². The largest absolute Gasteiger partial charge is 0.389 e. The Balaban J connectivity index is 2.37. The van der Waals surface area contributed by atoms with Gasteiger partial charge in [0, 0.05) is 5.56 Å². The summed E-state index contributed by atoms with van der Waals surface area (Å²) >= 11 is 11.9. The van der Waals surface area contributed by atoms with Gasteiger partial charge in [-0.15, -0.1) is 10.2 Å². The van der Waals surface area contributed by atoms with Crippen LogP contribution in [0.15, 0.2) is 23.1 Å². The maximum absolute atomic E-state index is 12.2. The number of aromatic nitrogens is 2. The van der Waals surface area contributed by atoms with Gasteiger partial charge in [0.05, 0.1) is 5.02 Å². The molecule has 1 aromatic carbocycles. The highest BCUT2D eigenvalue weighted by molar-refractivity contribution is 7.93. The predicted molar refractivity (Wildman–Crippen MR) is 82.8 cm³/mol. The van der Waals surface area contributed by atoms with Crippen molar-refractivity contribution in [1.82, 2.24) is 10.2 Å². The van der Waals surface area contributed by atoms with E-state index in [0.717, 1.165) is 11.3 Å².